The molecule has 0 aliphatic carbocycles. The van der Waals surface area contributed by atoms with Crippen molar-refractivity contribution in [3.8, 4) is 16.9 Å². The summed E-state index contributed by atoms with van der Waals surface area (Å²) in [5.41, 5.74) is 3.26. The van der Waals surface area contributed by atoms with Gasteiger partial charge in [-0.1, -0.05) is 54.6 Å². The minimum absolute atomic E-state index is 0.0999. The number of carbonyl (C=O) groups excluding carboxylic acids is 1. The second-order valence-corrected chi connectivity index (χ2v) is 12.8. The Labute approximate surface area is 220 Å². The number of carbonyl (C=O) groups is 1. The molecule has 0 fully saturated rings. The SMILES string of the molecule is CC(C)(C)OC(=O)CNS(=O)(=O)c1ccc2c(c1)CC(Cc1cccc(-c3ccccc3)c1)C(C)(C)O2. The number of hydrogen-bond acceptors (Lipinski definition) is 5. The average Bonchev–Trinajstić information content (AvgIpc) is 2.82. The van der Waals surface area contributed by atoms with E-state index in [9.17, 15) is 13.2 Å². The van der Waals surface area contributed by atoms with Gasteiger partial charge < -0.3 is 9.47 Å². The molecule has 4 rings (SSSR count). The third-order valence-electron chi connectivity index (χ3n) is 6.51. The number of esters is 1. The topological polar surface area (TPSA) is 81.7 Å². The Balaban J connectivity index is 1.51. The first-order valence-electron chi connectivity index (χ1n) is 12.5. The fraction of sp³-hybridized carbons (Fsp3) is 0.367. The largest absolute Gasteiger partial charge is 0.487 e. The van der Waals surface area contributed by atoms with Gasteiger partial charge in [0.15, 0.2) is 0 Å². The van der Waals surface area contributed by atoms with Gasteiger partial charge in [0.1, 0.15) is 23.5 Å². The molecule has 0 aromatic heterocycles. The van der Waals surface area contributed by atoms with E-state index in [-0.39, 0.29) is 10.8 Å². The molecule has 0 bridgehead atoms. The van der Waals surface area contributed by atoms with Gasteiger partial charge in [0.05, 0.1) is 4.90 Å². The Morgan fingerprint density at radius 2 is 1.70 bits per heavy atom. The number of benzene rings is 3. The van der Waals surface area contributed by atoms with Crippen molar-refractivity contribution in [2.45, 2.75) is 63.6 Å². The zero-order chi connectivity index (χ0) is 26.8. The Bertz CT molecular complexity index is 1370. The highest BCUT2D eigenvalue weighted by Crippen LogP contribution is 2.39. The summed E-state index contributed by atoms with van der Waals surface area (Å²) in [6, 6.07) is 23.6. The van der Waals surface area contributed by atoms with Crippen molar-refractivity contribution >= 4 is 16.0 Å². The molecule has 196 valence electrons. The quantitative estimate of drug-likeness (QED) is 0.413. The fourth-order valence-electron chi connectivity index (χ4n) is 4.59. The second kappa shape index (κ2) is 10.3. The van der Waals surface area contributed by atoms with Crippen LogP contribution in [0.15, 0.2) is 77.7 Å². The van der Waals surface area contributed by atoms with Crippen molar-refractivity contribution < 1.29 is 22.7 Å². The lowest BCUT2D eigenvalue weighted by Crippen LogP contribution is -2.43. The first kappa shape index (κ1) is 26.9. The first-order valence-corrected chi connectivity index (χ1v) is 14.0. The summed E-state index contributed by atoms with van der Waals surface area (Å²) in [4.78, 5) is 12.1. The lowest BCUT2D eigenvalue weighted by Gasteiger charge is -2.40. The third kappa shape index (κ3) is 6.79. The summed E-state index contributed by atoms with van der Waals surface area (Å²) in [7, 11) is -3.89. The lowest BCUT2D eigenvalue weighted by molar-refractivity contribution is -0.153. The normalized spacial score (nSPS) is 16.9. The van der Waals surface area contributed by atoms with Crippen molar-refractivity contribution in [1.82, 2.24) is 4.72 Å². The Kier molecular flexibility index (Phi) is 7.49. The van der Waals surface area contributed by atoms with Gasteiger partial charge in [-0.15, -0.1) is 0 Å². The van der Waals surface area contributed by atoms with Crippen LogP contribution in [0, 0.1) is 5.92 Å². The highest BCUT2D eigenvalue weighted by Gasteiger charge is 2.37. The molecule has 3 aromatic rings. The van der Waals surface area contributed by atoms with E-state index in [4.69, 9.17) is 9.47 Å². The van der Waals surface area contributed by atoms with Crippen LogP contribution in [0.25, 0.3) is 11.1 Å². The van der Waals surface area contributed by atoms with Crippen LogP contribution >= 0.6 is 0 Å². The van der Waals surface area contributed by atoms with Crippen LogP contribution in [0.3, 0.4) is 0 Å². The molecule has 0 saturated carbocycles. The number of ether oxygens (including phenoxy) is 2. The maximum atomic E-state index is 12.9. The number of hydrogen-bond donors (Lipinski definition) is 1. The maximum Gasteiger partial charge on any atom is 0.321 e. The molecule has 0 spiro atoms. The molecular weight excluding hydrogens is 486 g/mol. The number of fused-ring (bicyclic) bond motifs is 1. The molecule has 1 aliphatic rings. The van der Waals surface area contributed by atoms with Crippen molar-refractivity contribution in [2.24, 2.45) is 5.92 Å². The third-order valence-corrected chi connectivity index (χ3v) is 7.91. The van der Waals surface area contributed by atoms with Crippen LogP contribution in [-0.2, 0) is 32.4 Å². The van der Waals surface area contributed by atoms with Gasteiger partial charge in [-0.3, -0.25) is 4.79 Å². The summed E-state index contributed by atoms with van der Waals surface area (Å²) in [5.74, 6) is 0.195. The van der Waals surface area contributed by atoms with Crippen molar-refractivity contribution in [3.63, 3.8) is 0 Å². The van der Waals surface area contributed by atoms with Gasteiger partial charge >= 0.3 is 5.97 Å². The number of rotatable bonds is 7. The van der Waals surface area contributed by atoms with Crippen molar-refractivity contribution in [2.75, 3.05) is 6.54 Å². The summed E-state index contributed by atoms with van der Waals surface area (Å²) < 4.78 is 39.7. The highest BCUT2D eigenvalue weighted by molar-refractivity contribution is 7.89. The molecule has 1 heterocycles. The fourth-order valence-corrected chi connectivity index (χ4v) is 5.60. The van der Waals surface area contributed by atoms with E-state index in [2.05, 4.69) is 55.0 Å². The molecule has 1 N–H and O–H groups in total. The molecule has 0 saturated heterocycles. The van der Waals surface area contributed by atoms with E-state index < -0.39 is 33.7 Å². The zero-order valence-corrected chi connectivity index (χ0v) is 22.9. The lowest BCUT2D eigenvalue weighted by atomic mass is 9.78. The molecule has 0 amide bonds. The first-order chi connectivity index (χ1) is 17.3. The molecule has 1 aliphatic heterocycles. The van der Waals surface area contributed by atoms with Gasteiger partial charge in [0, 0.05) is 5.92 Å². The maximum absolute atomic E-state index is 12.9. The Hall–Kier alpha value is -3.16. The van der Waals surface area contributed by atoms with Gasteiger partial charge in [-0.25, -0.2) is 8.42 Å². The molecular formula is C30H35NO5S. The molecule has 0 radical (unpaired) electrons. The van der Waals surface area contributed by atoms with Crippen LogP contribution in [-0.4, -0.2) is 32.1 Å². The molecule has 3 aromatic carbocycles. The van der Waals surface area contributed by atoms with Crippen LogP contribution in [0.4, 0.5) is 0 Å². The van der Waals surface area contributed by atoms with E-state index in [1.807, 2.05) is 18.2 Å². The average molecular weight is 522 g/mol. The predicted octanol–water partition coefficient (Wildman–Crippen LogP) is 5.55. The van der Waals surface area contributed by atoms with Crippen LogP contribution < -0.4 is 9.46 Å². The van der Waals surface area contributed by atoms with E-state index >= 15 is 0 Å². The molecule has 1 unspecified atom stereocenters. The van der Waals surface area contributed by atoms with Gasteiger partial charge in [-0.05, 0) is 87.9 Å². The molecule has 37 heavy (non-hydrogen) atoms. The van der Waals surface area contributed by atoms with Crippen molar-refractivity contribution in [1.29, 1.82) is 0 Å². The van der Waals surface area contributed by atoms with Gasteiger partial charge in [-0.2, -0.15) is 4.72 Å². The monoisotopic (exact) mass is 521 g/mol. The van der Waals surface area contributed by atoms with Crippen LogP contribution in [0.1, 0.15) is 45.7 Å². The smallest absolute Gasteiger partial charge is 0.321 e. The van der Waals surface area contributed by atoms with Crippen molar-refractivity contribution in [3.05, 3.63) is 83.9 Å². The summed E-state index contributed by atoms with van der Waals surface area (Å²) in [5, 5.41) is 0. The predicted molar refractivity (Wildman–Crippen MR) is 145 cm³/mol. The molecule has 6 nitrogen and oxygen atoms in total. The Morgan fingerprint density at radius 1 is 1.00 bits per heavy atom. The van der Waals surface area contributed by atoms with Gasteiger partial charge in [0.2, 0.25) is 10.0 Å². The van der Waals surface area contributed by atoms with Crippen LogP contribution in [0.5, 0.6) is 5.75 Å². The number of sulfonamides is 1. The van der Waals surface area contributed by atoms with E-state index in [1.165, 1.54) is 17.2 Å². The summed E-state index contributed by atoms with van der Waals surface area (Å²) >= 11 is 0. The minimum atomic E-state index is -3.89. The zero-order valence-electron chi connectivity index (χ0n) is 22.1. The second-order valence-electron chi connectivity index (χ2n) is 11.1. The molecule has 1 atom stereocenters. The van der Waals surface area contributed by atoms with E-state index in [1.54, 1.807) is 32.9 Å². The van der Waals surface area contributed by atoms with Gasteiger partial charge in [0.25, 0.3) is 0 Å². The summed E-state index contributed by atoms with van der Waals surface area (Å²) in [6.45, 7) is 8.93. The Morgan fingerprint density at radius 3 is 2.41 bits per heavy atom. The van der Waals surface area contributed by atoms with E-state index in [0.29, 0.717) is 12.2 Å². The minimum Gasteiger partial charge on any atom is -0.487 e. The molecule has 7 heteroatoms. The standard InChI is InChI=1S/C30H35NO5S/c1-29(2,3)36-28(32)20-31-37(33,34)26-14-15-27-24(19-26)18-25(30(4,5)35-27)17-21-10-9-13-23(16-21)22-11-7-6-8-12-22/h6-16,19,25,31H,17-18,20H2,1-5H3. The van der Waals surface area contributed by atoms with Crippen LogP contribution in [0.2, 0.25) is 0 Å². The van der Waals surface area contributed by atoms with E-state index in [0.717, 1.165) is 17.5 Å². The number of nitrogens with one attached hydrogen (secondary N) is 1. The highest BCUT2D eigenvalue weighted by atomic mass is 32.2. The summed E-state index contributed by atoms with van der Waals surface area (Å²) in [6.07, 6.45) is 1.47.